The predicted molar refractivity (Wildman–Crippen MR) is 90.3 cm³/mol. The van der Waals surface area contributed by atoms with Crippen LogP contribution in [-0.4, -0.2) is 40.3 Å². The van der Waals surface area contributed by atoms with Gasteiger partial charge in [-0.2, -0.15) is 0 Å². The van der Waals surface area contributed by atoms with E-state index < -0.39 is 0 Å². The van der Waals surface area contributed by atoms with Crippen molar-refractivity contribution >= 4 is 34.7 Å². The van der Waals surface area contributed by atoms with Crippen LogP contribution in [0.4, 0.5) is 0 Å². The molecule has 0 aliphatic carbocycles. The molecule has 0 unspecified atom stereocenters. The summed E-state index contributed by atoms with van der Waals surface area (Å²) in [6, 6.07) is 7.87. The molecule has 2 rings (SSSR count). The highest BCUT2D eigenvalue weighted by atomic mass is 32.2. The van der Waals surface area contributed by atoms with Crippen LogP contribution in [0.1, 0.15) is 19.8 Å². The van der Waals surface area contributed by atoms with Gasteiger partial charge >= 0.3 is 5.97 Å². The lowest BCUT2D eigenvalue weighted by Gasteiger charge is -2.05. The summed E-state index contributed by atoms with van der Waals surface area (Å²) >= 11 is 1.40. The topological polar surface area (TPSA) is 73.2 Å². The first-order chi connectivity index (χ1) is 11.1. The Morgan fingerprint density at radius 2 is 2.13 bits per heavy atom. The van der Waals surface area contributed by atoms with E-state index in [-0.39, 0.29) is 11.9 Å². The quantitative estimate of drug-likeness (QED) is 0.454. The van der Waals surface area contributed by atoms with Crippen molar-refractivity contribution in [2.75, 3.05) is 18.9 Å². The van der Waals surface area contributed by atoms with E-state index in [9.17, 15) is 9.59 Å². The lowest BCUT2D eigenvalue weighted by Crippen LogP contribution is -2.26. The van der Waals surface area contributed by atoms with Gasteiger partial charge in [-0.05, 0) is 25.5 Å². The SMILES string of the molecule is CCOC(=O)CCCNC(=O)CSc1nc2ccccc2n1C. The van der Waals surface area contributed by atoms with Crippen LogP contribution in [0.2, 0.25) is 0 Å². The number of benzene rings is 1. The monoisotopic (exact) mass is 335 g/mol. The number of esters is 1. The number of carbonyl (C=O) groups is 2. The van der Waals surface area contributed by atoms with Crippen LogP contribution in [0.15, 0.2) is 29.4 Å². The molecule has 0 fully saturated rings. The van der Waals surface area contributed by atoms with Crippen LogP contribution in [0.25, 0.3) is 11.0 Å². The van der Waals surface area contributed by atoms with E-state index in [2.05, 4.69) is 10.3 Å². The van der Waals surface area contributed by atoms with E-state index in [0.29, 0.717) is 31.7 Å². The molecule has 0 aliphatic heterocycles. The summed E-state index contributed by atoms with van der Waals surface area (Å²) in [5.41, 5.74) is 1.97. The zero-order chi connectivity index (χ0) is 16.7. The largest absolute Gasteiger partial charge is 0.466 e. The Balaban J connectivity index is 1.73. The molecule has 0 spiro atoms. The number of thioether (sulfide) groups is 1. The predicted octanol–water partition coefficient (Wildman–Crippen LogP) is 2.12. The maximum atomic E-state index is 11.8. The molecule has 0 radical (unpaired) electrons. The lowest BCUT2D eigenvalue weighted by molar-refractivity contribution is -0.143. The molecule has 1 aromatic carbocycles. The number of amides is 1. The Morgan fingerprint density at radius 1 is 1.35 bits per heavy atom. The summed E-state index contributed by atoms with van der Waals surface area (Å²) in [6.45, 7) is 2.64. The molecule has 2 aromatic rings. The van der Waals surface area contributed by atoms with E-state index in [4.69, 9.17) is 4.74 Å². The molecule has 1 heterocycles. The summed E-state index contributed by atoms with van der Waals surface area (Å²) in [7, 11) is 1.94. The van der Waals surface area contributed by atoms with Crippen LogP contribution < -0.4 is 5.32 Å². The average Bonchev–Trinajstić information content (AvgIpc) is 2.87. The Kier molecular flexibility index (Phi) is 6.46. The minimum Gasteiger partial charge on any atom is -0.466 e. The molecule has 0 bridgehead atoms. The third-order valence-corrected chi connectivity index (χ3v) is 4.29. The molecule has 1 amide bonds. The summed E-state index contributed by atoms with van der Waals surface area (Å²) in [5, 5.41) is 3.61. The second-order valence-electron chi connectivity index (χ2n) is 4.99. The van der Waals surface area contributed by atoms with Crippen molar-refractivity contribution in [2.24, 2.45) is 7.05 Å². The van der Waals surface area contributed by atoms with E-state index in [1.807, 2.05) is 35.9 Å². The molecule has 1 aromatic heterocycles. The highest BCUT2D eigenvalue weighted by Gasteiger charge is 2.10. The summed E-state index contributed by atoms with van der Waals surface area (Å²) < 4.78 is 6.81. The van der Waals surface area contributed by atoms with E-state index in [0.717, 1.165) is 16.2 Å². The molecule has 0 aliphatic rings. The first kappa shape index (κ1) is 17.3. The number of hydrogen-bond acceptors (Lipinski definition) is 5. The molecule has 7 heteroatoms. The first-order valence-electron chi connectivity index (χ1n) is 7.58. The fourth-order valence-corrected chi connectivity index (χ4v) is 2.94. The van der Waals surface area contributed by atoms with E-state index in [1.165, 1.54) is 11.8 Å². The minimum absolute atomic E-state index is 0.0640. The second kappa shape index (κ2) is 8.57. The number of nitrogens with one attached hydrogen (secondary N) is 1. The summed E-state index contributed by atoms with van der Waals surface area (Å²) in [4.78, 5) is 27.5. The van der Waals surface area contributed by atoms with Gasteiger partial charge in [0.2, 0.25) is 5.91 Å². The Morgan fingerprint density at radius 3 is 2.87 bits per heavy atom. The fraction of sp³-hybridized carbons (Fsp3) is 0.438. The smallest absolute Gasteiger partial charge is 0.305 e. The summed E-state index contributed by atoms with van der Waals surface area (Å²) in [6.07, 6.45) is 0.910. The first-order valence-corrected chi connectivity index (χ1v) is 8.57. The molecular weight excluding hydrogens is 314 g/mol. The second-order valence-corrected chi connectivity index (χ2v) is 5.93. The Labute approximate surface area is 139 Å². The van der Waals surface area contributed by atoms with Crippen molar-refractivity contribution in [1.29, 1.82) is 0 Å². The van der Waals surface area contributed by atoms with Crippen molar-refractivity contribution in [3.05, 3.63) is 24.3 Å². The number of aryl methyl sites for hydroxylation is 1. The van der Waals surface area contributed by atoms with Crippen molar-refractivity contribution < 1.29 is 14.3 Å². The Bertz CT molecular complexity index is 684. The number of ether oxygens (including phenoxy) is 1. The van der Waals surface area contributed by atoms with Crippen LogP contribution >= 0.6 is 11.8 Å². The van der Waals surface area contributed by atoms with Gasteiger partial charge in [-0.25, -0.2) is 4.98 Å². The molecule has 124 valence electrons. The zero-order valence-corrected chi connectivity index (χ0v) is 14.2. The number of aromatic nitrogens is 2. The van der Waals surface area contributed by atoms with Crippen molar-refractivity contribution in [1.82, 2.24) is 14.9 Å². The zero-order valence-electron chi connectivity index (χ0n) is 13.4. The number of carbonyl (C=O) groups excluding carboxylic acids is 2. The lowest BCUT2D eigenvalue weighted by atomic mass is 10.3. The molecule has 0 saturated carbocycles. The molecule has 0 atom stereocenters. The third-order valence-electron chi connectivity index (χ3n) is 3.26. The van der Waals surface area contributed by atoms with Gasteiger partial charge < -0.3 is 14.6 Å². The number of nitrogens with zero attached hydrogens (tertiary/aromatic N) is 2. The highest BCUT2D eigenvalue weighted by molar-refractivity contribution is 7.99. The van der Waals surface area contributed by atoms with Gasteiger partial charge in [0.25, 0.3) is 0 Å². The van der Waals surface area contributed by atoms with E-state index >= 15 is 0 Å². The van der Waals surface area contributed by atoms with Gasteiger partial charge in [0.1, 0.15) is 0 Å². The maximum absolute atomic E-state index is 11.8. The van der Waals surface area contributed by atoms with Crippen LogP contribution in [0.5, 0.6) is 0 Å². The molecular formula is C16H21N3O3S. The fourth-order valence-electron chi connectivity index (χ4n) is 2.13. The Hall–Kier alpha value is -2.02. The number of rotatable bonds is 8. The highest BCUT2D eigenvalue weighted by Crippen LogP contribution is 2.22. The summed E-state index contributed by atoms with van der Waals surface area (Å²) in [5.74, 6) is 0.0121. The van der Waals surface area contributed by atoms with Crippen molar-refractivity contribution in [3.8, 4) is 0 Å². The number of para-hydroxylation sites is 2. The van der Waals surface area contributed by atoms with Crippen LogP contribution in [0.3, 0.4) is 0 Å². The number of imidazole rings is 1. The van der Waals surface area contributed by atoms with Crippen molar-refractivity contribution in [2.45, 2.75) is 24.9 Å². The maximum Gasteiger partial charge on any atom is 0.305 e. The standard InChI is InChI=1S/C16H21N3O3S/c1-3-22-15(21)9-6-10-17-14(20)11-23-16-18-12-7-4-5-8-13(12)19(16)2/h4-5,7-8H,3,6,9-11H2,1-2H3,(H,17,20). The third kappa shape index (κ3) is 4.99. The number of hydrogen-bond donors (Lipinski definition) is 1. The molecule has 0 saturated heterocycles. The van der Waals surface area contributed by atoms with Gasteiger partial charge in [-0.15, -0.1) is 0 Å². The van der Waals surface area contributed by atoms with Gasteiger partial charge in [0.05, 0.1) is 23.4 Å². The van der Waals surface area contributed by atoms with Crippen molar-refractivity contribution in [3.63, 3.8) is 0 Å². The molecule has 23 heavy (non-hydrogen) atoms. The van der Waals surface area contributed by atoms with Gasteiger partial charge in [0, 0.05) is 20.0 Å². The van der Waals surface area contributed by atoms with Gasteiger partial charge in [-0.1, -0.05) is 23.9 Å². The van der Waals surface area contributed by atoms with Crippen LogP contribution in [-0.2, 0) is 21.4 Å². The van der Waals surface area contributed by atoms with E-state index in [1.54, 1.807) is 6.92 Å². The molecule has 1 N–H and O–H groups in total. The minimum atomic E-state index is -0.226. The van der Waals surface area contributed by atoms with Gasteiger partial charge in [0.15, 0.2) is 5.16 Å². The van der Waals surface area contributed by atoms with Gasteiger partial charge in [-0.3, -0.25) is 9.59 Å². The molecule has 6 nitrogen and oxygen atoms in total. The van der Waals surface area contributed by atoms with Crippen LogP contribution in [0, 0.1) is 0 Å². The normalized spacial score (nSPS) is 10.7. The average molecular weight is 335 g/mol. The number of fused-ring (bicyclic) bond motifs is 1.